The monoisotopic (exact) mass is 744 g/mol. The lowest BCUT2D eigenvalue weighted by molar-refractivity contribution is 0.715. The van der Waals surface area contributed by atoms with Gasteiger partial charge >= 0.3 is 0 Å². The van der Waals surface area contributed by atoms with Gasteiger partial charge in [0.2, 0.25) is 0 Å². The van der Waals surface area contributed by atoms with Crippen LogP contribution in [0.5, 0.6) is 0 Å². The zero-order chi connectivity index (χ0) is 37.9. The molecule has 0 bridgehead atoms. The van der Waals surface area contributed by atoms with Gasteiger partial charge in [0, 0.05) is 42.3 Å². The predicted octanol–water partition coefficient (Wildman–Crippen LogP) is 14.5. The van der Waals surface area contributed by atoms with Crippen LogP contribution in [-0.2, 0) is 5.41 Å². The van der Waals surface area contributed by atoms with Crippen LogP contribution in [0.4, 0.5) is 0 Å². The summed E-state index contributed by atoms with van der Waals surface area (Å²) >= 11 is 1.86. The van der Waals surface area contributed by atoms with Gasteiger partial charge < -0.3 is 0 Å². The van der Waals surface area contributed by atoms with Gasteiger partial charge in [-0.3, -0.25) is 0 Å². The molecular weight excluding hydrogens is 709 g/mol. The molecule has 268 valence electrons. The molecule has 0 amide bonds. The van der Waals surface area contributed by atoms with Crippen molar-refractivity contribution in [3.8, 4) is 67.3 Å². The number of rotatable bonds is 6. The molecule has 57 heavy (non-hydrogen) atoms. The number of thiophene rings is 1. The van der Waals surface area contributed by atoms with Gasteiger partial charge in [0.05, 0.1) is 11.4 Å². The average molecular weight is 745 g/mol. The molecule has 8 aromatic carbocycles. The van der Waals surface area contributed by atoms with Crippen molar-refractivity contribution >= 4 is 31.5 Å². The molecule has 1 aliphatic rings. The molecule has 2 heterocycles. The summed E-state index contributed by atoms with van der Waals surface area (Å²) in [5, 5.41) is 2.59. The molecule has 0 radical (unpaired) electrons. The van der Waals surface area contributed by atoms with Crippen LogP contribution in [0.1, 0.15) is 23.6 Å². The number of hydrogen-bond acceptors (Lipinski definition) is 3. The summed E-state index contributed by atoms with van der Waals surface area (Å²) < 4.78 is 2.59. The van der Waals surface area contributed by atoms with E-state index in [0.717, 1.165) is 39.2 Å². The van der Waals surface area contributed by atoms with Crippen molar-refractivity contribution in [2.24, 2.45) is 0 Å². The number of hydrogen-bond donors (Lipinski definition) is 0. The molecule has 2 nitrogen and oxygen atoms in total. The molecule has 0 saturated carbocycles. The first kappa shape index (κ1) is 33.4. The largest absolute Gasteiger partial charge is 0.228 e. The highest BCUT2D eigenvalue weighted by atomic mass is 32.1. The molecular formula is C54H36N2S. The first-order valence-electron chi connectivity index (χ1n) is 19.5. The van der Waals surface area contributed by atoms with Crippen LogP contribution >= 0.6 is 11.3 Å². The average Bonchev–Trinajstić information content (AvgIpc) is 3.80. The lowest BCUT2D eigenvalue weighted by Gasteiger charge is -2.30. The van der Waals surface area contributed by atoms with Gasteiger partial charge in [-0.1, -0.05) is 170 Å². The van der Waals surface area contributed by atoms with Crippen molar-refractivity contribution in [3.05, 3.63) is 217 Å². The van der Waals surface area contributed by atoms with E-state index >= 15 is 0 Å². The van der Waals surface area contributed by atoms with Gasteiger partial charge in [-0.25, -0.2) is 9.97 Å². The third-order valence-electron chi connectivity index (χ3n) is 11.8. The van der Waals surface area contributed by atoms with Gasteiger partial charge in [-0.15, -0.1) is 11.3 Å². The summed E-state index contributed by atoms with van der Waals surface area (Å²) in [4.78, 5) is 10.8. The van der Waals surface area contributed by atoms with Crippen LogP contribution in [-0.4, -0.2) is 9.97 Å². The molecule has 0 spiro atoms. The quantitative estimate of drug-likeness (QED) is 0.169. The number of aromatic nitrogens is 2. The predicted molar refractivity (Wildman–Crippen MR) is 240 cm³/mol. The minimum absolute atomic E-state index is 0.384. The van der Waals surface area contributed by atoms with Crippen molar-refractivity contribution in [1.82, 2.24) is 9.97 Å². The standard InChI is InChI=1S/C54H36N2S/c1-54(40-21-9-4-10-22-40)47-29-13-11-23-42(47)44-26-16-28-46(51(44)54)49-34-48(55-53(56-49)36-19-7-3-8-20-36)39-32-37(35-17-5-2-6-18-35)31-38(33-39)41-25-15-27-45-43-24-12-14-30-50(43)57-52(41)45/h2-34H,1H3. The Morgan fingerprint density at radius 1 is 0.404 bits per heavy atom. The van der Waals surface area contributed by atoms with E-state index in [9.17, 15) is 0 Å². The summed E-state index contributed by atoms with van der Waals surface area (Å²) in [6.45, 7) is 2.38. The first-order valence-corrected chi connectivity index (χ1v) is 20.3. The number of nitrogens with zero attached hydrogens (tertiary/aromatic N) is 2. The molecule has 11 rings (SSSR count). The van der Waals surface area contributed by atoms with E-state index in [1.807, 2.05) is 17.4 Å². The molecule has 3 heteroatoms. The van der Waals surface area contributed by atoms with Gasteiger partial charge in [0.1, 0.15) is 0 Å². The molecule has 0 N–H and O–H groups in total. The third kappa shape index (κ3) is 5.46. The Bertz CT molecular complexity index is 3130. The Labute approximate surface area is 336 Å². The lowest BCUT2D eigenvalue weighted by Crippen LogP contribution is -2.23. The van der Waals surface area contributed by atoms with E-state index in [1.165, 1.54) is 59.1 Å². The first-order chi connectivity index (χ1) is 28.1. The van der Waals surface area contributed by atoms with Crippen LogP contribution in [0.3, 0.4) is 0 Å². The fourth-order valence-corrected chi connectivity index (χ4v) is 10.3. The summed E-state index contributed by atoms with van der Waals surface area (Å²) in [7, 11) is 0. The molecule has 1 atom stereocenters. The number of benzene rings is 8. The van der Waals surface area contributed by atoms with Gasteiger partial charge in [-0.2, -0.15) is 0 Å². The lowest BCUT2D eigenvalue weighted by atomic mass is 9.72. The minimum Gasteiger partial charge on any atom is -0.228 e. The maximum Gasteiger partial charge on any atom is 0.160 e. The Balaban J connectivity index is 1.17. The van der Waals surface area contributed by atoms with Gasteiger partial charge in [0.15, 0.2) is 5.82 Å². The summed E-state index contributed by atoms with van der Waals surface area (Å²) in [6.07, 6.45) is 0. The molecule has 0 fully saturated rings. The number of fused-ring (bicyclic) bond motifs is 6. The van der Waals surface area contributed by atoms with Crippen molar-refractivity contribution in [3.63, 3.8) is 0 Å². The molecule has 0 saturated heterocycles. The Morgan fingerprint density at radius 2 is 0.982 bits per heavy atom. The van der Waals surface area contributed by atoms with Gasteiger partial charge in [0.25, 0.3) is 0 Å². The van der Waals surface area contributed by atoms with Crippen molar-refractivity contribution in [2.45, 2.75) is 12.3 Å². The second-order valence-corrected chi connectivity index (χ2v) is 16.1. The SMILES string of the molecule is CC1(c2ccccc2)c2ccccc2-c2cccc(-c3cc(-c4cc(-c5ccccc5)cc(-c5cccc6c5sc5ccccc56)c4)nc(-c4ccccc4)n3)c21. The fraction of sp³-hybridized carbons (Fsp3) is 0.0370. The molecule has 1 unspecified atom stereocenters. The highest BCUT2D eigenvalue weighted by molar-refractivity contribution is 7.26. The summed E-state index contributed by atoms with van der Waals surface area (Å²) in [5.74, 6) is 0.705. The normalized spacial score (nSPS) is 14.5. The zero-order valence-electron chi connectivity index (χ0n) is 31.4. The molecule has 10 aromatic rings. The molecule has 1 aliphatic carbocycles. The minimum atomic E-state index is -0.384. The highest BCUT2D eigenvalue weighted by Crippen LogP contribution is 2.55. The van der Waals surface area contributed by atoms with Crippen molar-refractivity contribution < 1.29 is 0 Å². The van der Waals surface area contributed by atoms with E-state index in [4.69, 9.17) is 9.97 Å². The Morgan fingerprint density at radius 3 is 1.81 bits per heavy atom. The molecule has 2 aromatic heterocycles. The van der Waals surface area contributed by atoms with Crippen LogP contribution in [0.15, 0.2) is 200 Å². The maximum atomic E-state index is 5.42. The van der Waals surface area contributed by atoms with E-state index in [-0.39, 0.29) is 5.41 Å². The van der Waals surface area contributed by atoms with Crippen LogP contribution in [0.2, 0.25) is 0 Å². The Kier molecular flexibility index (Phi) is 7.84. The second-order valence-electron chi connectivity index (χ2n) is 15.0. The zero-order valence-corrected chi connectivity index (χ0v) is 32.2. The van der Waals surface area contributed by atoms with E-state index in [0.29, 0.717) is 5.82 Å². The van der Waals surface area contributed by atoms with Crippen LogP contribution in [0.25, 0.3) is 87.5 Å². The van der Waals surface area contributed by atoms with Crippen LogP contribution < -0.4 is 0 Å². The van der Waals surface area contributed by atoms with E-state index in [2.05, 4.69) is 201 Å². The van der Waals surface area contributed by atoms with Gasteiger partial charge in [-0.05, 0) is 87.3 Å². The second kappa shape index (κ2) is 13.4. The van der Waals surface area contributed by atoms with Crippen molar-refractivity contribution in [2.75, 3.05) is 0 Å². The molecule has 0 aliphatic heterocycles. The third-order valence-corrected chi connectivity index (χ3v) is 13.0. The van der Waals surface area contributed by atoms with Crippen LogP contribution in [0, 0.1) is 0 Å². The Hall–Kier alpha value is -6.94. The maximum absolute atomic E-state index is 5.42. The topological polar surface area (TPSA) is 25.8 Å². The summed E-state index contributed by atoms with van der Waals surface area (Å²) in [6, 6.07) is 72.2. The van der Waals surface area contributed by atoms with Crippen molar-refractivity contribution in [1.29, 1.82) is 0 Å². The fourth-order valence-electron chi connectivity index (χ4n) is 9.04. The van der Waals surface area contributed by atoms with E-state index < -0.39 is 0 Å². The highest BCUT2D eigenvalue weighted by Gasteiger charge is 2.42. The summed E-state index contributed by atoms with van der Waals surface area (Å²) in [5.41, 5.74) is 15.6. The smallest absolute Gasteiger partial charge is 0.160 e. The van der Waals surface area contributed by atoms with E-state index in [1.54, 1.807) is 0 Å².